The Balaban J connectivity index is 0.000000281. The average Bonchev–Trinajstić information content (AvgIpc) is 0.817. The van der Waals surface area contributed by atoms with Crippen molar-refractivity contribution in [3.8, 4) is 79.4 Å². The molecule has 0 amide bonds. The molecule has 0 atom stereocenters. The Hall–Kier alpha value is -14.7. The van der Waals surface area contributed by atoms with Crippen LogP contribution in [0.3, 0.4) is 0 Å². The minimum atomic E-state index is -5.11. The van der Waals surface area contributed by atoms with Crippen LogP contribution < -0.4 is 9.80 Å². The Morgan fingerprint density at radius 1 is 0.351 bits per heavy atom. The number of carbonyl (C=O) groups is 4. The fraction of sp³-hybridized carbons (Fsp3) is 0.0400. The van der Waals surface area contributed by atoms with Gasteiger partial charge in [-0.3, -0.25) is 45.1 Å². The van der Waals surface area contributed by atoms with Gasteiger partial charge in [0.15, 0.2) is 0 Å². The summed E-state index contributed by atoms with van der Waals surface area (Å²) in [5, 5.41) is 51.2. The summed E-state index contributed by atoms with van der Waals surface area (Å²) in [6, 6.07) is 90.2. The van der Waals surface area contributed by atoms with E-state index in [0.29, 0.717) is 17.3 Å². The van der Waals surface area contributed by atoms with Crippen molar-refractivity contribution in [1.82, 2.24) is 29.9 Å². The molecule has 0 unspecified atom stereocenters. The van der Waals surface area contributed by atoms with Crippen molar-refractivity contribution in [3.63, 3.8) is 0 Å². The summed E-state index contributed by atoms with van der Waals surface area (Å²) in [5.41, 5.74) is 4.82. The molecular weight excluding hydrogens is 2470 g/mol. The maximum absolute atomic E-state index is 14.7. The van der Waals surface area contributed by atoms with Crippen LogP contribution in [0, 0.1) is 130 Å². The monoisotopic (exact) mass is 2530 g/mol. The molecule has 0 fully saturated rings. The molecule has 0 saturated heterocycles. The maximum Gasteiger partial charge on any atom is 0.405 e. The Labute approximate surface area is 813 Å². The minimum absolute atomic E-state index is 0. The number of benzene rings is 10. The van der Waals surface area contributed by atoms with Gasteiger partial charge in [0, 0.05) is 189 Å². The van der Waals surface area contributed by atoms with Gasteiger partial charge < -0.3 is 69.3 Å². The van der Waals surface area contributed by atoms with E-state index in [1.807, 2.05) is 96.7 Å². The molecule has 688 valence electrons. The van der Waals surface area contributed by atoms with Gasteiger partial charge in [-0.2, -0.15) is 23.7 Å². The first-order valence-electron chi connectivity index (χ1n) is 37.6. The first-order valence-corrected chi connectivity index (χ1v) is 37.6. The summed E-state index contributed by atoms with van der Waals surface area (Å²) < 4.78 is 161. The van der Waals surface area contributed by atoms with Gasteiger partial charge in [0.05, 0.1) is 58.7 Å². The number of anilines is 4. The molecule has 0 aliphatic heterocycles. The van der Waals surface area contributed by atoms with Gasteiger partial charge >= 0.3 is 6.18 Å². The van der Waals surface area contributed by atoms with E-state index in [4.69, 9.17) is 30.9 Å². The number of nitriles is 2. The third-order valence-electron chi connectivity index (χ3n) is 17.4. The zero-order valence-electron chi connectivity index (χ0n) is 69.1. The quantitative estimate of drug-likeness (QED) is 0.0447. The number of aromatic nitrogens is 6. The zero-order chi connectivity index (χ0) is 94.0. The van der Waals surface area contributed by atoms with Crippen molar-refractivity contribution in [2.75, 3.05) is 23.9 Å². The van der Waals surface area contributed by atoms with Crippen molar-refractivity contribution in [2.24, 2.45) is 0 Å². The van der Waals surface area contributed by atoms with E-state index in [-0.39, 0.29) is 136 Å². The van der Waals surface area contributed by atoms with Crippen LogP contribution in [-0.4, -0.2) is 88.3 Å². The molecule has 6 aromatic heterocycles. The van der Waals surface area contributed by atoms with Crippen LogP contribution in [0.4, 0.5) is 75.4 Å². The second kappa shape index (κ2) is 54.2. The van der Waals surface area contributed by atoms with Crippen molar-refractivity contribution in [1.29, 1.82) is 10.5 Å². The van der Waals surface area contributed by atoms with Crippen LogP contribution in [0.2, 0.25) is 0 Å². The number of pyridine rings is 6. The van der Waals surface area contributed by atoms with Gasteiger partial charge in [-0.05, 0) is 113 Å². The summed E-state index contributed by atoms with van der Waals surface area (Å²) in [6.45, 7) is 1.68. The van der Waals surface area contributed by atoms with Crippen LogP contribution in [0.1, 0.15) is 63.7 Å². The molecule has 134 heavy (non-hydrogen) atoms. The Bertz CT molecular complexity index is 6410. The van der Waals surface area contributed by atoms with Crippen molar-refractivity contribution in [3.05, 3.63) is 444 Å². The number of alkyl halides is 3. The number of para-hydroxylation sites is 2. The van der Waals surface area contributed by atoms with E-state index in [1.54, 1.807) is 172 Å². The second-order valence-corrected chi connectivity index (χ2v) is 26.3. The normalized spacial score (nSPS) is 9.89. The largest absolute Gasteiger partial charge is 0.521 e. The van der Waals surface area contributed by atoms with Gasteiger partial charge in [-0.15, -0.1) is 170 Å². The predicted octanol–water partition coefficient (Wildman–Crippen LogP) is 22.9. The first-order chi connectivity index (χ1) is 62.4. The summed E-state index contributed by atoms with van der Waals surface area (Å²) in [5.74, 6) is -15.1. The Morgan fingerprint density at radius 3 is 1.04 bits per heavy atom. The van der Waals surface area contributed by atoms with E-state index in [9.17, 15) is 71.9 Å². The minimum Gasteiger partial charge on any atom is -0.521 e. The number of halogens is 12. The van der Waals surface area contributed by atoms with Crippen molar-refractivity contribution in [2.45, 2.75) is 13.1 Å². The van der Waals surface area contributed by atoms with E-state index < -0.39 is 105 Å². The zero-order valence-corrected chi connectivity index (χ0v) is 78.6. The molecule has 18 nitrogen and oxygen atoms in total. The third kappa shape index (κ3) is 31.0. The number of hydrogen-bond donors (Lipinski definition) is 4. The fourth-order valence-corrected chi connectivity index (χ4v) is 11.2. The molecule has 0 saturated carbocycles. The molecule has 34 heteroatoms. The molecule has 6 heterocycles. The standard InChI is InChI=1S/C24H14F2N3.C21H11F3N3.C14H10F2N3.C13H7F5N.4C7H5O2.4Ir/c25-22-12-11-20(24(26)21(22)16-27)23-15-19(13-14-28-23)29(17-7-3-1-4-8-17)18-9-5-2-6-10-18;22-18-2-1-15(20(23)21(18)24)19-11-16(13-3-7-25-8-4-13)17(12-27-19)14-5-9-26-10-6-14;1-19(2)9-5-6-18-13(7-9)10-3-4-12(15)11(8-17)14(10)16;1-7-4-5-19-10(6-7)8-2-3-9(14)11(12(8)15)13(16,17)18;4*8-7(9)6-4-2-1-3-5-6;;;;/h1-10,12-15H;2-12H;4-7H,1-2H3;3-6H,1H3;4*1-4H,(H,8,9);;;;/q8*-1;;;;. The van der Waals surface area contributed by atoms with Gasteiger partial charge in [0.1, 0.15) is 5.82 Å². The van der Waals surface area contributed by atoms with Gasteiger partial charge in [-0.25, -0.2) is 4.39 Å². The fourth-order valence-electron chi connectivity index (χ4n) is 11.2. The molecule has 4 N–H and O–H groups in total. The van der Waals surface area contributed by atoms with Crippen LogP contribution >= 0.6 is 0 Å². The maximum atomic E-state index is 14.7. The topological polar surface area (TPSA) is 281 Å². The van der Waals surface area contributed by atoms with Crippen LogP contribution in [-0.2, 0) is 86.6 Å². The molecular formula is C100H62F12Ir4N10O8-8. The molecule has 0 bridgehead atoms. The van der Waals surface area contributed by atoms with E-state index in [1.165, 1.54) is 48.8 Å². The van der Waals surface area contributed by atoms with Crippen LogP contribution in [0.15, 0.2) is 298 Å². The smallest absolute Gasteiger partial charge is 0.405 e. The molecule has 16 rings (SSSR count). The number of carboxylic acids is 4. The van der Waals surface area contributed by atoms with Crippen LogP contribution in [0.5, 0.6) is 0 Å². The van der Waals surface area contributed by atoms with Crippen molar-refractivity contribution >= 4 is 46.6 Å². The molecule has 4 radical (unpaired) electrons. The van der Waals surface area contributed by atoms with E-state index >= 15 is 0 Å². The average molecular weight is 2530 g/mol. The van der Waals surface area contributed by atoms with Crippen molar-refractivity contribution < 1.29 is 173 Å². The third-order valence-corrected chi connectivity index (χ3v) is 17.4. The summed E-state index contributed by atoms with van der Waals surface area (Å²) >= 11 is 0. The molecule has 16 aromatic rings. The van der Waals surface area contributed by atoms with E-state index in [0.717, 1.165) is 63.2 Å². The number of rotatable bonds is 14. The Kier molecular flexibility index (Phi) is 44.4. The van der Waals surface area contributed by atoms with Gasteiger partial charge in [-0.1, -0.05) is 111 Å². The van der Waals surface area contributed by atoms with Gasteiger partial charge in [0.2, 0.25) is 23.9 Å². The number of nitrogens with zero attached hydrogens (tertiary/aromatic N) is 10. The second-order valence-electron chi connectivity index (χ2n) is 26.3. The molecule has 0 spiro atoms. The molecule has 0 aliphatic carbocycles. The Morgan fingerprint density at radius 2 is 0.687 bits per heavy atom. The summed E-state index contributed by atoms with van der Waals surface area (Å²) in [6.07, 6.45) is 7.43. The predicted molar refractivity (Wildman–Crippen MR) is 457 cm³/mol. The van der Waals surface area contributed by atoms with E-state index in [2.05, 4.69) is 78.4 Å². The number of hydrogen-bond acceptors (Lipinski definition) is 14. The van der Waals surface area contributed by atoms with Crippen LogP contribution in [0.25, 0.3) is 67.3 Å². The number of aromatic carboxylic acids is 4. The van der Waals surface area contributed by atoms with Gasteiger partial charge in [0.25, 0.3) is 0 Å². The number of carboxylic acid groups (broad SMARTS) is 4. The SMILES string of the molecule is CN(C)c1ccnc(-c2[c-]cc(F)c(C#N)c2F)c1.Cc1ccnc(-c2[c-]cc(F)c(C(F)(F)F)c2F)c1.Fc1c[c-]c(-c2cc(-c3ccncc3)c(-c3ccncc3)cn2)c(F)c1F.N#Cc1c(F)c[c-]c(-c2cc(N(c3ccccc3)c3ccccc3)ccn2)c1F.O=C(O)c1[c-]cccc1.O=C(O)c1[c-]cccc1.O=C(O)c1[c-]cccc1.O=C(O)c1[c-]cccc1.[Ir].[Ir].[Ir].[Ir]. The first kappa shape index (κ1) is 110. The summed E-state index contributed by atoms with van der Waals surface area (Å²) in [7, 11) is 3.68. The molecule has 10 aromatic carbocycles. The molecule has 0 aliphatic rings. The summed E-state index contributed by atoms with van der Waals surface area (Å²) in [4.78, 5) is 68.8. The number of aryl methyl sites for hydroxylation is 1.